The zero-order valence-corrected chi connectivity index (χ0v) is 21.7. The molecule has 1 N–H and O–H groups in total. The molecule has 0 amide bonds. The molecule has 0 saturated carbocycles. The Hall–Kier alpha value is -3.43. The summed E-state index contributed by atoms with van der Waals surface area (Å²) in [6.45, 7) is 6.47. The van der Waals surface area contributed by atoms with Gasteiger partial charge in [0.1, 0.15) is 5.82 Å². The second-order valence-corrected chi connectivity index (χ2v) is 8.99. The van der Waals surface area contributed by atoms with Crippen LogP contribution in [0.4, 0.5) is 0 Å². The monoisotopic (exact) mass is 489 g/mol. The smallest absolute Gasteiger partial charge is 0.231 e. The van der Waals surface area contributed by atoms with Crippen molar-refractivity contribution in [1.82, 2.24) is 35.4 Å². The van der Waals surface area contributed by atoms with Gasteiger partial charge < -0.3 is 9.47 Å². The van der Waals surface area contributed by atoms with Crippen molar-refractivity contribution in [1.29, 1.82) is 0 Å². The van der Waals surface area contributed by atoms with Crippen molar-refractivity contribution in [2.24, 2.45) is 0 Å². The van der Waals surface area contributed by atoms with Crippen LogP contribution in [0.15, 0.2) is 48.5 Å². The van der Waals surface area contributed by atoms with Crippen LogP contribution in [0, 0.1) is 0 Å². The summed E-state index contributed by atoms with van der Waals surface area (Å²) in [7, 11) is 3.32. The standard InChI is InChI=1S/C27H35N7O2/c1-6-8-17-27(35-4,36-5)26-28-24(34(31-26)19(3)7-2)18-20-13-15-21(16-14-20)22-11-9-10-12-23(22)25-29-32-33-30-25/h9-16,19H,6-8,17-18H2,1-5H3,(H,29,30,32,33). The first-order chi connectivity index (χ1) is 17.5. The lowest BCUT2D eigenvalue weighted by Crippen LogP contribution is -2.32. The summed E-state index contributed by atoms with van der Waals surface area (Å²) < 4.78 is 13.7. The van der Waals surface area contributed by atoms with Crippen LogP contribution in [0.3, 0.4) is 0 Å². The average Bonchev–Trinajstić information content (AvgIpc) is 3.61. The van der Waals surface area contributed by atoms with E-state index >= 15 is 0 Å². The molecule has 4 aromatic rings. The number of aromatic amines is 1. The third kappa shape index (κ3) is 5.22. The van der Waals surface area contributed by atoms with Crippen molar-refractivity contribution in [3.8, 4) is 22.5 Å². The molecule has 36 heavy (non-hydrogen) atoms. The Labute approximate surface area is 212 Å². The minimum absolute atomic E-state index is 0.209. The van der Waals surface area contributed by atoms with Crippen LogP contribution in [0.2, 0.25) is 0 Å². The molecular formula is C27H35N7O2. The fourth-order valence-electron chi connectivity index (χ4n) is 4.35. The Balaban J connectivity index is 1.64. The van der Waals surface area contributed by atoms with Crippen LogP contribution in [0.25, 0.3) is 22.5 Å². The van der Waals surface area contributed by atoms with Crippen LogP contribution in [0.5, 0.6) is 0 Å². The highest BCUT2D eigenvalue weighted by Crippen LogP contribution is 2.32. The predicted octanol–water partition coefficient (Wildman–Crippen LogP) is 5.32. The lowest BCUT2D eigenvalue weighted by molar-refractivity contribution is -0.226. The summed E-state index contributed by atoms with van der Waals surface area (Å²) >= 11 is 0. The lowest BCUT2D eigenvalue weighted by atomic mass is 9.97. The van der Waals surface area contributed by atoms with Crippen LogP contribution in [-0.4, -0.2) is 49.6 Å². The summed E-state index contributed by atoms with van der Waals surface area (Å²) in [6, 6.07) is 16.8. The summed E-state index contributed by atoms with van der Waals surface area (Å²) in [5, 5.41) is 19.3. The summed E-state index contributed by atoms with van der Waals surface area (Å²) in [5.41, 5.74) is 4.26. The summed E-state index contributed by atoms with van der Waals surface area (Å²) in [4.78, 5) is 4.95. The van der Waals surface area contributed by atoms with Gasteiger partial charge in [0, 0.05) is 32.6 Å². The van der Waals surface area contributed by atoms with Crippen LogP contribution < -0.4 is 0 Å². The van der Waals surface area contributed by atoms with Gasteiger partial charge in [-0.1, -0.05) is 68.8 Å². The largest absolute Gasteiger partial charge is 0.347 e. The minimum atomic E-state index is -0.938. The number of aromatic nitrogens is 7. The molecular weight excluding hydrogens is 454 g/mol. The Morgan fingerprint density at radius 3 is 2.33 bits per heavy atom. The van der Waals surface area contributed by atoms with Gasteiger partial charge in [-0.25, -0.2) is 14.8 Å². The molecule has 2 aromatic heterocycles. The van der Waals surface area contributed by atoms with E-state index in [2.05, 4.69) is 71.7 Å². The van der Waals surface area contributed by atoms with E-state index in [-0.39, 0.29) is 6.04 Å². The van der Waals surface area contributed by atoms with Crippen LogP contribution in [-0.2, 0) is 21.7 Å². The number of nitrogens with one attached hydrogen (secondary N) is 1. The third-order valence-corrected chi connectivity index (χ3v) is 6.72. The van der Waals surface area contributed by atoms with E-state index in [0.29, 0.717) is 24.5 Å². The molecule has 0 aliphatic heterocycles. The first kappa shape index (κ1) is 25.7. The number of tetrazole rings is 1. The molecule has 4 rings (SSSR count). The number of benzene rings is 2. The second kappa shape index (κ2) is 11.5. The molecule has 9 nitrogen and oxygen atoms in total. The molecule has 0 fully saturated rings. The van der Waals surface area contributed by atoms with E-state index in [0.717, 1.165) is 47.3 Å². The highest BCUT2D eigenvalue weighted by Gasteiger charge is 2.37. The molecule has 9 heteroatoms. The molecule has 2 heterocycles. The van der Waals surface area contributed by atoms with Gasteiger partial charge in [0.25, 0.3) is 0 Å². The zero-order chi connectivity index (χ0) is 25.5. The molecule has 0 bridgehead atoms. The van der Waals surface area contributed by atoms with Crippen molar-refractivity contribution in [3.63, 3.8) is 0 Å². The van der Waals surface area contributed by atoms with Crippen molar-refractivity contribution in [3.05, 3.63) is 65.7 Å². The number of hydrogen-bond donors (Lipinski definition) is 1. The Morgan fingerprint density at radius 1 is 1.00 bits per heavy atom. The average molecular weight is 490 g/mol. The van der Waals surface area contributed by atoms with E-state index in [1.165, 1.54) is 0 Å². The lowest BCUT2D eigenvalue weighted by Gasteiger charge is -2.27. The number of nitrogens with zero attached hydrogens (tertiary/aromatic N) is 6. The Morgan fingerprint density at radius 2 is 1.72 bits per heavy atom. The highest BCUT2D eigenvalue weighted by molar-refractivity contribution is 5.80. The van der Waals surface area contributed by atoms with Gasteiger partial charge in [0.15, 0.2) is 5.82 Å². The van der Waals surface area contributed by atoms with E-state index in [1.54, 1.807) is 14.2 Å². The number of rotatable bonds is 12. The first-order valence-corrected chi connectivity index (χ1v) is 12.5. The van der Waals surface area contributed by atoms with E-state index < -0.39 is 5.79 Å². The van der Waals surface area contributed by atoms with Gasteiger partial charge in [-0.2, -0.15) is 0 Å². The Bertz CT molecular complexity index is 1230. The van der Waals surface area contributed by atoms with Crippen molar-refractivity contribution < 1.29 is 9.47 Å². The normalized spacial score (nSPS) is 12.7. The molecule has 0 saturated heterocycles. The molecule has 1 atom stereocenters. The molecule has 1 unspecified atom stereocenters. The van der Waals surface area contributed by atoms with E-state index in [4.69, 9.17) is 19.6 Å². The molecule has 0 aliphatic rings. The fraction of sp³-hybridized carbons (Fsp3) is 0.444. The highest BCUT2D eigenvalue weighted by atomic mass is 16.7. The van der Waals surface area contributed by atoms with Crippen molar-refractivity contribution in [2.45, 2.75) is 64.7 Å². The van der Waals surface area contributed by atoms with Crippen molar-refractivity contribution >= 4 is 0 Å². The number of methoxy groups -OCH3 is 2. The summed E-state index contributed by atoms with van der Waals surface area (Å²) in [6.07, 6.45) is 4.31. The summed E-state index contributed by atoms with van der Waals surface area (Å²) in [5.74, 6) is 1.19. The number of hydrogen-bond acceptors (Lipinski definition) is 7. The van der Waals surface area contributed by atoms with Gasteiger partial charge in [-0.15, -0.1) is 10.2 Å². The van der Waals surface area contributed by atoms with Crippen LogP contribution >= 0.6 is 0 Å². The number of ether oxygens (including phenoxy) is 2. The fourth-order valence-corrected chi connectivity index (χ4v) is 4.35. The maximum atomic E-state index is 5.84. The van der Waals surface area contributed by atoms with Gasteiger partial charge in [-0.05, 0) is 46.9 Å². The van der Waals surface area contributed by atoms with Crippen LogP contribution in [0.1, 0.15) is 69.7 Å². The van der Waals surface area contributed by atoms with Gasteiger partial charge in [-0.3, -0.25) is 0 Å². The number of unbranched alkanes of at least 4 members (excludes halogenated alkanes) is 1. The number of H-pyrrole nitrogens is 1. The maximum absolute atomic E-state index is 5.84. The van der Waals surface area contributed by atoms with Crippen molar-refractivity contribution in [2.75, 3.05) is 14.2 Å². The minimum Gasteiger partial charge on any atom is -0.347 e. The van der Waals surface area contributed by atoms with E-state index in [9.17, 15) is 0 Å². The molecule has 190 valence electrons. The zero-order valence-electron chi connectivity index (χ0n) is 21.7. The van der Waals surface area contributed by atoms with Gasteiger partial charge in [0.2, 0.25) is 11.6 Å². The van der Waals surface area contributed by atoms with Gasteiger partial charge >= 0.3 is 0 Å². The molecule has 0 radical (unpaired) electrons. The maximum Gasteiger partial charge on any atom is 0.231 e. The third-order valence-electron chi connectivity index (χ3n) is 6.72. The molecule has 2 aromatic carbocycles. The second-order valence-electron chi connectivity index (χ2n) is 8.99. The SMILES string of the molecule is CCCCC(OC)(OC)c1nc(Cc2ccc(-c3ccccc3-c3nnn[nH]3)cc2)n(C(C)CC)n1. The topological polar surface area (TPSA) is 104 Å². The van der Waals surface area contributed by atoms with Gasteiger partial charge in [0.05, 0.1) is 6.04 Å². The predicted molar refractivity (Wildman–Crippen MR) is 138 cm³/mol. The Kier molecular flexibility index (Phi) is 8.22. The van der Waals surface area contributed by atoms with E-state index in [1.807, 2.05) is 22.9 Å². The first-order valence-electron chi connectivity index (χ1n) is 12.5. The molecule has 0 aliphatic carbocycles. The molecule has 0 spiro atoms. The quantitative estimate of drug-likeness (QED) is 0.269.